The number of alkyl halides is 4. The van der Waals surface area contributed by atoms with Crippen molar-refractivity contribution in [2.75, 3.05) is 31.6 Å². The van der Waals surface area contributed by atoms with E-state index in [4.69, 9.17) is 19.4 Å². The van der Waals surface area contributed by atoms with Gasteiger partial charge in [0.05, 0.1) is 25.5 Å². The van der Waals surface area contributed by atoms with Gasteiger partial charge in [-0.3, -0.25) is 0 Å². The first-order valence-electron chi connectivity index (χ1n) is 9.59. The summed E-state index contributed by atoms with van der Waals surface area (Å²) >= 11 is 0. The molecule has 4 N–H and O–H groups in total. The molecule has 4 atom stereocenters. The SMILES string of the molecule is CC1(O)COCCC1Oc1nc(N[C@@H]2CCNC[C@H]2F)ncc1C#N.O=C(O)C(F)(F)F. The number of anilines is 1. The van der Waals surface area contributed by atoms with E-state index in [-0.39, 0.29) is 30.5 Å². The van der Waals surface area contributed by atoms with Gasteiger partial charge in [0.25, 0.3) is 0 Å². The molecule has 2 unspecified atom stereocenters. The van der Waals surface area contributed by atoms with Crippen LogP contribution in [-0.2, 0) is 9.53 Å². The van der Waals surface area contributed by atoms with Gasteiger partial charge < -0.3 is 30.3 Å². The van der Waals surface area contributed by atoms with Crippen LogP contribution in [0.15, 0.2) is 6.20 Å². The number of piperidine rings is 1. The van der Waals surface area contributed by atoms with Crippen molar-refractivity contribution >= 4 is 11.9 Å². The number of nitrogens with one attached hydrogen (secondary N) is 2. The zero-order chi connectivity index (χ0) is 23.9. The van der Waals surface area contributed by atoms with E-state index in [9.17, 15) is 27.9 Å². The van der Waals surface area contributed by atoms with Crippen LogP contribution >= 0.6 is 0 Å². The number of carboxylic acid groups (broad SMARTS) is 1. The topological polar surface area (TPSA) is 150 Å². The molecule has 3 heterocycles. The minimum Gasteiger partial charge on any atom is -0.475 e. The number of hydrogen-bond acceptors (Lipinski definition) is 9. The van der Waals surface area contributed by atoms with Crippen LogP contribution in [0.1, 0.15) is 25.3 Å². The lowest BCUT2D eigenvalue weighted by Crippen LogP contribution is -2.51. The molecule has 0 amide bonds. The van der Waals surface area contributed by atoms with Crippen LogP contribution in [0.2, 0.25) is 0 Å². The van der Waals surface area contributed by atoms with Crippen molar-refractivity contribution in [3.63, 3.8) is 0 Å². The molecule has 0 saturated carbocycles. The first-order chi connectivity index (χ1) is 14.9. The van der Waals surface area contributed by atoms with Crippen molar-refractivity contribution in [2.45, 2.75) is 49.9 Å². The first-order valence-corrected chi connectivity index (χ1v) is 9.59. The summed E-state index contributed by atoms with van der Waals surface area (Å²) in [6.07, 6.45) is -4.26. The predicted octanol–water partition coefficient (Wildman–Crippen LogP) is 1.01. The second-order valence-electron chi connectivity index (χ2n) is 7.39. The number of rotatable bonds is 4. The number of carbonyl (C=O) groups is 1. The second kappa shape index (κ2) is 10.7. The number of halogens is 4. The van der Waals surface area contributed by atoms with Gasteiger partial charge in [-0.25, -0.2) is 14.2 Å². The van der Waals surface area contributed by atoms with E-state index in [1.807, 2.05) is 6.07 Å². The third kappa shape index (κ3) is 7.14. The van der Waals surface area contributed by atoms with Gasteiger partial charge in [0.1, 0.15) is 29.5 Å². The fraction of sp³-hybridized carbons (Fsp3) is 0.667. The Balaban J connectivity index is 0.000000451. The van der Waals surface area contributed by atoms with Crippen molar-refractivity contribution in [3.05, 3.63) is 11.8 Å². The number of aromatic nitrogens is 2. The zero-order valence-electron chi connectivity index (χ0n) is 17.0. The molecule has 32 heavy (non-hydrogen) atoms. The van der Waals surface area contributed by atoms with E-state index in [1.54, 1.807) is 6.92 Å². The van der Waals surface area contributed by atoms with Crippen molar-refractivity contribution in [1.82, 2.24) is 15.3 Å². The lowest BCUT2D eigenvalue weighted by molar-refractivity contribution is -0.192. The summed E-state index contributed by atoms with van der Waals surface area (Å²) in [5.41, 5.74) is -1.02. The third-order valence-electron chi connectivity index (χ3n) is 4.71. The monoisotopic (exact) mass is 465 g/mol. The van der Waals surface area contributed by atoms with Crippen LogP contribution in [0.3, 0.4) is 0 Å². The highest BCUT2D eigenvalue weighted by Gasteiger charge is 2.39. The first kappa shape index (κ1) is 25.5. The maximum absolute atomic E-state index is 13.9. The van der Waals surface area contributed by atoms with E-state index in [1.165, 1.54) is 6.20 Å². The van der Waals surface area contributed by atoms with Crippen molar-refractivity contribution in [2.24, 2.45) is 0 Å². The predicted molar refractivity (Wildman–Crippen MR) is 101 cm³/mol. The summed E-state index contributed by atoms with van der Waals surface area (Å²) in [6, 6.07) is 1.58. The number of ether oxygens (including phenoxy) is 2. The van der Waals surface area contributed by atoms with Crippen LogP contribution in [-0.4, -0.2) is 82.5 Å². The molecule has 1 aromatic rings. The van der Waals surface area contributed by atoms with Crippen LogP contribution in [0.5, 0.6) is 5.88 Å². The third-order valence-corrected chi connectivity index (χ3v) is 4.71. The molecule has 0 aliphatic carbocycles. The Labute approximate surface area is 180 Å². The van der Waals surface area contributed by atoms with Gasteiger partial charge in [-0.15, -0.1) is 0 Å². The van der Waals surface area contributed by atoms with Crippen LogP contribution in [0, 0.1) is 11.3 Å². The Hall–Kier alpha value is -2.76. The Bertz CT molecular complexity index is 833. The molecule has 14 heteroatoms. The summed E-state index contributed by atoms with van der Waals surface area (Å²) in [4.78, 5) is 17.2. The number of nitriles is 1. The number of nitrogens with zero attached hydrogens (tertiary/aromatic N) is 3. The summed E-state index contributed by atoms with van der Waals surface area (Å²) in [6.45, 7) is 3.21. The Morgan fingerprint density at radius 3 is 2.72 bits per heavy atom. The summed E-state index contributed by atoms with van der Waals surface area (Å²) in [5, 5.41) is 32.7. The lowest BCUT2D eigenvalue weighted by Gasteiger charge is -2.36. The molecule has 0 aromatic carbocycles. The Kier molecular flexibility index (Phi) is 8.53. The van der Waals surface area contributed by atoms with Gasteiger partial charge >= 0.3 is 12.1 Å². The van der Waals surface area contributed by atoms with E-state index >= 15 is 0 Å². The molecule has 3 rings (SSSR count). The molecule has 2 saturated heterocycles. The van der Waals surface area contributed by atoms with E-state index in [0.717, 1.165) is 0 Å². The van der Waals surface area contributed by atoms with Crippen LogP contribution < -0.4 is 15.4 Å². The highest BCUT2D eigenvalue weighted by atomic mass is 19.4. The molecule has 0 radical (unpaired) electrons. The molecule has 2 aliphatic rings. The average molecular weight is 465 g/mol. The van der Waals surface area contributed by atoms with Gasteiger partial charge in [-0.1, -0.05) is 0 Å². The van der Waals surface area contributed by atoms with Gasteiger partial charge in [0.15, 0.2) is 0 Å². The summed E-state index contributed by atoms with van der Waals surface area (Å²) in [5.74, 6) is -2.47. The van der Waals surface area contributed by atoms with E-state index in [0.29, 0.717) is 26.0 Å². The maximum Gasteiger partial charge on any atom is 0.490 e. The highest BCUT2D eigenvalue weighted by Crippen LogP contribution is 2.26. The highest BCUT2D eigenvalue weighted by molar-refractivity contribution is 5.73. The average Bonchev–Trinajstić information content (AvgIpc) is 2.71. The number of hydrogen-bond donors (Lipinski definition) is 4. The smallest absolute Gasteiger partial charge is 0.475 e. The lowest BCUT2D eigenvalue weighted by atomic mass is 9.95. The van der Waals surface area contributed by atoms with Gasteiger partial charge in [-0.2, -0.15) is 23.4 Å². The Morgan fingerprint density at radius 2 is 2.16 bits per heavy atom. The van der Waals surface area contributed by atoms with Crippen molar-refractivity contribution in [1.29, 1.82) is 5.26 Å². The molecule has 2 fully saturated rings. The minimum atomic E-state index is -5.08. The van der Waals surface area contributed by atoms with Crippen LogP contribution in [0.25, 0.3) is 0 Å². The van der Waals surface area contributed by atoms with Crippen LogP contribution in [0.4, 0.5) is 23.5 Å². The molecule has 10 nitrogen and oxygen atoms in total. The summed E-state index contributed by atoms with van der Waals surface area (Å²) in [7, 11) is 0. The Morgan fingerprint density at radius 1 is 1.47 bits per heavy atom. The molecule has 2 aliphatic heterocycles. The zero-order valence-corrected chi connectivity index (χ0v) is 17.0. The molecule has 178 valence electrons. The minimum absolute atomic E-state index is 0.0801. The molecule has 0 spiro atoms. The largest absolute Gasteiger partial charge is 0.490 e. The second-order valence-corrected chi connectivity index (χ2v) is 7.39. The number of aliphatic hydroxyl groups is 1. The fourth-order valence-corrected chi connectivity index (χ4v) is 2.94. The van der Waals surface area contributed by atoms with Crippen molar-refractivity contribution in [3.8, 4) is 11.9 Å². The van der Waals surface area contributed by atoms with E-state index in [2.05, 4.69) is 20.6 Å². The maximum atomic E-state index is 13.9. The van der Waals surface area contributed by atoms with Gasteiger partial charge in [-0.05, 0) is 19.9 Å². The number of aliphatic carboxylic acids is 1. The quantitative estimate of drug-likeness (QED) is 0.475. The number of carboxylic acids is 1. The summed E-state index contributed by atoms with van der Waals surface area (Å²) < 4.78 is 56.7. The van der Waals surface area contributed by atoms with Crippen molar-refractivity contribution < 1.29 is 42.0 Å². The van der Waals surface area contributed by atoms with E-state index < -0.39 is 36.1 Å². The molecular weight excluding hydrogens is 442 g/mol. The van der Waals surface area contributed by atoms with Gasteiger partial charge in [0.2, 0.25) is 11.8 Å². The standard InChI is InChI=1S/C16H22FN5O3.C2HF3O2/c1-16(23)9-24-5-3-13(16)25-14-10(6-18)7-20-15(22-14)21-12-2-4-19-8-11(12)17;3-2(4,5)1(6)7/h7,11-13,19,23H,2-5,8-9H2,1H3,(H,20,21,22);(H,6,7)/t11-,12-,13?,16?;/m1./s1. The molecule has 1 aromatic heterocycles. The molecular formula is C18H23F4N5O5. The normalized spacial score (nSPS) is 28.0. The molecule has 0 bridgehead atoms. The fourth-order valence-electron chi connectivity index (χ4n) is 2.94. The van der Waals surface area contributed by atoms with Gasteiger partial charge in [0, 0.05) is 13.0 Å².